The van der Waals surface area contributed by atoms with Crippen molar-refractivity contribution in [2.75, 3.05) is 25.0 Å². The second-order valence-corrected chi connectivity index (χ2v) is 5.83. The van der Waals surface area contributed by atoms with Crippen molar-refractivity contribution in [2.45, 2.75) is 33.6 Å². The third-order valence-corrected chi connectivity index (χ3v) is 3.90. The van der Waals surface area contributed by atoms with E-state index in [-0.39, 0.29) is 5.91 Å². The van der Waals surface area contributed by atoms with Gasteiger partial charge in [-0.2, -0.15) is 0 Å². The van der Waals surface area contributed by atoms with Gasteiger partial charge in [-0.05, 0) is 62.4 Å². The van der Waals surface area contributed by atoms with Crippen LogP contribution in [-0.4, -0.2) is 30.4 Å². The second kappa shape index (κ2) is 6.20. The number of carbonyl (C=O) groups excluding carboxylic acids is 1. The van der Waals surface area contributed by atoms with Crippen molar-refractivity contribution in [1.82, 2.24) is 4.90 Å². The minimum atomic E-state index is 0.0948. The standard InChI is InChI=1S/C16H24N2O/c1-12-5-4-8-18(10-12)11-16(19)17-15-7-6-13(2)14(3)9-15/h6-7,9,12H,4-5,8,10-11H2,1-3H3,(H,17,19)/t12-/m0/s1. The van der Waals surface area contributed by atoms with E-state index in [1.165, 1.54) is 24.0 Å². The maximum absolute atomic E-state index is 12.0. The topological polar surface area (TPSA) is 32.3 Å². The average molecular weight is 260 g/mol. The number of nitrogens with zero attached hydrogens (tertiary/aromatic N) is 1. The number of amides is 1. The van der Waals surface area contributed by atoms with Gasteiger partial charge in [0.1, 0.15) is 0 Å². The van der Waals surface area contributed by atoms with Crippen LogP contribution < -0.4 is 5.32 Å². The number of hydrogen-bond donors (Lipinski definition) is 1. The van der Waals surface area contributed by atoms with Crippen molar-refractivity contribution in [3.05, 3.63) is 29.3 Å². The summed E-state index contributed by atoms with van der Waals surface area (Å²) >= 11 is 0. The molecule has 0 saturated carbocycles. The predicted molar refractivity (Wildman–Crippen MR) is 79.4 cm³/mol. The summed E-state index contributed by atoms with van der Waals surface area (Å²) in [6, 6.07) is 6.05. The lowest BCUT2D eigenvalue weighted by Gasteiger charge is -2.30. The van der Waals surface area contributed by atoms with Crippen LogP contribution in [0.15, 0.2) is 18.2 Å². The van der Waals surface area contributed by atoms with Gasteiger partial charge in [0.25, 0.3) is 0 Å². The number of carbonyl (C=O) groups is 1. The van der Waals surface area contributed by atoms with E-state index in [4.69, 9.17) is 0 Å². The summed E-state index contributed by atoms with van der Waals surface area (Å²) in [6.45, 7) is 9.00. The Balaban J connectivity index is 1.88. The molecule has 0 aliphatic carbocycles. The molecule has 1 aromatic rings. The predicted octanol–water partition coefficient (Wildman–Crippen LogP) is 2.97. The van der Waals surface area contributed by atoms with Crippen LogP contribution in [-0.2, 0) is 4.79 Å². The fourth-order valence-electron chi connectivity index (χ4n) is 2.65. The maximum Gasteiger partial charge on any atom is 0.238 e. The van der Waals surface area contributed by atoms with Gasteiger partial charge in [-0.25, -0.2) is 0 Å². The first-order valence-corrected chi connectivity index (χ1v) is 7.14. The molecule has 19 heavy (non-hydrogen) atoms. The van der Waals surface area contributed by atoms with Gasteiger partial charge >= 0.3 is 0 Å². The van der Waals surface area contributed by atoms with E-state index in [2.05, 4.69) is 31.0 Å². The lowest BCUT2D eigenvalue weighted by Crippen LogP contribution is -2.39. The molecule has 3 heteroatoms. The third-order valence-electron chi connectivity index (χ3n) is 3.90. The molecule has 1 heterocycles. The lowest BCUT2D eigenvalue weighted by molar-refractivity contribution is -0.117. The Labute approximate surface area is 116 Å². The number of rotatable bonds is 3. The normalized spacial score (nSPS) is 20.3. The Hall–Kier alpha value is -1.35. The van der Waals surface area contributed by atoms with Crippen molar-refractivity contribution in [3.63, 3.8) is 0 Å². The highest BCUT2D eigenvalue weighted by molar-refractivity contribution is 5.92. The van der Waals surface area contributed by atoms with E-state index in [0.29, 0.717) is 12.5 Å². The van der Waals surface area contributed by atoms with Crippen molar-refractivity contribution in [1.29, 1.82) is 0 Å². The molecule has 0 radical (unpaired) electrons. The molecule has 1 amide bonds. The van der Waals surface area contributed by atoms with Gasteiger partial charge in [0.15, 0.2) is 0 Å². The summed E-state index contributed by atoms with van der Waals surface area (Å²) in [5.41, 5.74) is 3.37. The van der Waals surface area contributed by atoms with Crippen LogP contribution in [0.2, 0.25) is 0 Å². The lowest BCUT2D eigenvalue weighted by atomic mass is 10.0. The molecule has 1 N–H and O–H groups in total. The summed E-state index contributed by atoms with van der Waals surface area (Å²) in [5.74, 6) is 0.806. The molecule has 2 rings (SSSR count). The molecule has 1 aromatic carbocycles. The average Bonchev–Trinajstić information content (AvgIpc) is 2.34. The molecule has 1 aliphatic heterocycles. The third kappa shape index (κ3) is 4.06. The number of likely N-dealkylation sites (tertiary alicyclic amines) is 1. The van der Waals surface area contributed by atoms with Crippen LogP contribution in [0.3, 0.4) is 0 Å². The van der Waals surface area contributed by atoms with Gasteiger partial charge < -0.3 is 5.32 Å². The number of benzene rings is 1. The van der Waals surface area contributed by atoms with E-state index in [1.807, 2.05) is 18.2 Å². The maximum atomic E-state index is 12.0. The Bertz CT molecular complexity index is 456. The Kier molecular flexibility index (Phi) is 4.59. The molecule has 1 atom stereocenters. The molecule has 1 fully saturated rings. The molecular weight excluding hydrogens is 236 g/mol. The first kappa shape index (κ1) is 14.1. The molecule has 0 aromatic heterocycles. The Morgan fingerprint density at radius 3 is 2.84 bits per heavy atom. The van der Waals surface area contributed by atoms with Gasteiger partial charge in [0, 0.05) is 12.2 Å². The largest absolute Gasteiger partial charge is 0.325 e. The van der Waals surface area contributed by atoms with Crippen LogP contribution in [0.25, 0.3) is 0 Å². The second-order valence-electron chi connectivity index (χ2n) is 5.83. The van der Waals surface area contributed by atoms with Crippen molar-refractivity contribution >= 4 is 11.6 Å². The summed E-state index contributed by atoms with van der Waals surface area (Å²) in [7, 11) is 0. The van der Waals surface area contributed by atoms with Crippen LogP contribution in [0.1, 0.15) is 30.9 Å². The molecule has 1 saturated heterocycles. The first-order valence-electron chi connectivity index (χ1n) is 7.14. The highest BCUT2D eigenvalue weighted by atomic mass is 16.2. The highest BCUT2D eigenvalue weighted by Gasteiger charge is 2.18. The van der Waals surface area contributed by atoms with Gasteiger partial charge in [-0.3, -0.25) is 9.69 Å². The summed E-state index contributed by atoms with van der Waals surface area (Å²) < 4.78 is 0. The van der Waals surface area contributed by atoms with E-state index >= 15 is 0 Å². The smallest absolute Gasteiger partial charge is 0.238 e. The Morgan fingerprint density at radius 2 is 2.16 bits per heavy atom. The zero-order valence-electron chi connectivity index (χ0n) is 12.2. The van der Waals surface area contributed by atoms with Crippen LogP contribution in [0.5, 0.6) is 0 Å². The number of hydrogen-bond acceptors (Lipinski definition) is 2. The van der Waals surface area contributed by atoms with Crippen molar-refractivity contribution in [2.24, 2.45) is 5.92 Å². The highest BCUT2D eigenvalue weighted by Crippen LogP contribution is 2.16. The van der Waals surface area contributed by atoms with Gasteiger partial charge in [-0.1, -0.05) is 13.0 Å². The molecule has 3 nitrogen and oxygen atoms in total. The fraction of sp³-hybridized carbons (Fsp3) is 0.562. The number of piperidine rings is 1. The number of anilines is 1. The van der Waals surface area contributed by atoms with Crippen LogP contribution in [0, 0.1) is 19.8 Å². The summed E-state index contributed by atoms with van der Waals surface area (Å²) in [4.78, 5) is 14.3. The van der Waals surface area contributed by atoms with Gasteiger partial charge in [0.05, 0.1) is 6.54 Å². The van der Waals surface area contributed by atoms with E-state index < -0.39 is 0 Å². The number of nitrogens with one attached hydrogen (secondary N) is 1. The van der Waals surface area contributed by atoms with Crippen molar-refractivity contribution < 1.29 is 4.79 Å². The molecule has 0 unspecified atom stereocenters. The van der Waals surface area contributed by atoms with E-state index in [9.17, 15) is 4.79 Å². The van der Waals surface area contributed by atoms with Crippen LogP contribution >= 0.6 is 0 Å². The zero-order chi connectivity index (χ0) is 13.8. The molecule has 0 bridgehead atoms. The molecule has 104 valence electrons. The van der Waals surface area contributed by atoms with E-state index in [0.717, 1.165) is 18.8 Å². The minimum Gasteiger partial charge on any atom is -0.325 e. The summed E-state index contributed by atoms with van der Waals surface area (Å²) in [6.07, 6.45) is 2.49. The van der Waals surface area contributed by atoms with Crippen molar-refractivity contribution in [3.8, 4) is 0 Å². The molecule has 0 spiro atoms. The number of aryl methyl sites for hydroxylation is 2. The molecule has 1 aliphatic rings. The van der Waals surface area contributed by atoms with Gasteiger partial charge in [0.2, 0.25) is 5.91 Å². The van der Waals surface area contributed by atoms with Crippen LogP contribution in [0.4, 0.5) is 5.69 Å². The zero-order valence-corrected chi connectivity index (χ0v) is 12.2. The SMILES string of the molecule is Cc1ccc(NC(=O)CN2CCC[C@H](C)C2)cc1C. The van der Waals surface area contributed by atoms with E-state index in [1.54, 1.807) is 0 Å². The quantitative estimate of drug-likeness (QED) is 0.906. The summed E-state index contributed by atoms with van der Waals surface area (Å²) in [5, 5.41) is 2.99. The van der Waals surface area contributed by atoms with Gasteiger partial charge in [-0.15, -0.1) is 0 Å². The molecular formula is C16H24N2O. The fourth-order valence-corrected chi connectivity index (χ4v) is 2.65. The monoisotopic (exact) mass is 260 g/mol. The Morgan fingerprint density at radius 1 is 1.37 bits per heavy atom. The minimum absolute atomic E-state index is 0.0948. The first-order chi connectivity index (χ1) is 9.04.